The van der Waals surface area contributed by atoms with Gasteiger partial charge in [-0.05, 0) is 35.0 Å². The zero-order chi connectivity index (χ0) is 18.8. The average Bonchev–Trinajstić information content (AvgIpc) is 3.33. The van der Waals surface area contributed by atoms with E-state index in [0.717, 1.165) is 11.4 Å². The Morgan fingerprint density at radius 2 is 2.07 bits per heavy atom. The van der Waals surface area contributed by atoms with Gasteiger partial charge in [-0.25, -0.2) is 4.98 Å². The quantitative estimate of drug-likeness (QED) is 0.495. The Hall–Kier alpha value is -3.27. The third-order valence-electron chi connectivity index (χ3n) is 3.74. The van der Waals surface area contributed by atoms with Crippen molar-refractivity contribution in [3.63, 3.8) is 0 Å². The molecule has 4 aromatic heterocycles. The maximum atomic E-state index is 5.43. The molecule has 0 bridgehead atoms. The van der Waals surface area contributed by atoms with Gasteiger partial charge < -0.3 is 9.84 Å². The summed E-state index contributed by atoms with van der Waals surface area (Å²) in [5, 5.41) is 14.3. The van der Waals surface area contributed by atoms with Crippen molar-refractivity contribution in [2.45, 2.75) is 6.92 Å². The van der Waals surface area contributed by atoms with E-state index in [0.29, 0.717) is 33.6 Å². The summed E-state index contributed by atoms with van der Waals surface area (Å²) in [6, 6.07) is 9.28. The first-order valence-corrected chi connectivity index (χ1v) is 8.83. The second-order valence-electron chi connectivity index (χ2n) is 5.75. The number of aromatic amines is 1. The van der Waals surface area contributed by atoms with E-state index in [-0.39, 0.29) is 0 Å². The number of hydrogen-bond acceptors (Lipinski definition) is 8. The fraction of sp³-hybridized carbons (Fsp3) is 0.118. The number of rotatable bonds is 5. The summed E-state index contributed by atoms with van der Waals surface area (Å²) in [4.78, 5) is 14.8. The molecule has 0 aliphatic heterocycles. The Labute approximate surface area is 163 Å². The van der Waals surface area contributed by atoms with E-state index in [2.05, 4.69) is 51.6 Å². The highest BCUT2D eigenvalue weighted by atomic mass is 79.9. The lowest BCUT2D eigenvalue weighted by atomic mass is 10.3. The first kappa shape index (κ1) is 17.2. The third kappa shape index (κ3) is 3.65. The van der Waals surface area contributed by atoms with Crippen molar-refractivity contribution in [2.24, 2.45) is 0 Å². The molecule has 0 aromatic carbocycles. The van der Waals surface area contributed by atoms with Gasteiger partial charge in [0.15, 0.2) is 11.6 Å². The molecular weight excluding hydrogens is 412 g/mol. The van der Waals surface area contributed by atoms with Crippen molar-refractivity contribution in [2.75, 3.05) is 17.3 Å². The van der Waals surface area contributed by atoms with E-state index in [4.69, 9.17) is 4.52 Å². The fourth-order valence-corrected chi connectivity index (χ4v) is 2.66. The summed E-state index contributed by atoms with van der Waals surface area (Å²) >= 11 is 3.45. The van der Waals surface area contributed by atoms with Crippen LogP contribution in [0.1, 0.15) is 5.69 Å². The van der Waals surface area contributed by atoms with Gasteiger partial charge in [-0.15, -0.1) is 0 Å². The van der Waals surface area contributed by atoms with Gasteiger partial charge in [0, 0.05) is 37.3 Å². The van der Waals surface area contributed by atoms with Crippen LogP contribution in [0, 0.1) is 6.92 Å². The van der Waals surface area contributed by atoms with E-state index in [1.807, 2.05) is 31.2 Å². The van der Waals surface area contributed by atoms with Crippen molar-refractivity contribution < 1.29 is 4.52 Å². The molecule has 9 nitrogen and oxygen atoms in total. The lowest BCUT2D eigenvalue weighted by Crippen LogP contribution is -2.13. The molecule has 0 saturated carbocycles. The molecule has 0 saturated heterocycles. The van der Waals surface area contributed by atoms with Crippen LogP contribution in [0.2, 0.25) is 0 Å². The SMILES string of the molecule is Cc1cc(Nc2nc(N(C)c3cc(-c4ccccn4)no3)ncc2Br)n[nH]1. The van der Waals surface area contributed by atoms with Gasteiger partial charge in [0.2, 0.25) is 11.8 Å². The smallest absolute Gasteiger partial charge is 0.234 e. The number of aromatic nitrogens is 6. The van der Waals surface area contributed by atoms with Gasteiger partial charge in [-0.3, -0.25) is 15.0 Å². The van der Waals surface area contributed by atoms with E-state index < -0.39 is 0 Å². The topological polar surface area (TPSA) is 109 Å². The number of nitrogens with zero attached hydrogens (tertiary/aromatic N) is 6. The molecule has 0 spiro atoms. The second kappa shape index (κ2) is 7.16. The molecule has 0 amide bonds. The molecule has 0 atom stereocenters. The van der Waals surface area contributed by atoms with Crippen LogP contribution in [0.4, 0.5) is 23.5 Å². The molecule has 0 radical (unpaired) electrons. The Morgan fingerprint density at radius 3 is 2.81 bits per heavy atom. The number of anilines is 4. The molecule has 0 unspecified atom stereocenters. The minimum absolute atomic E-state index is 0.441. The molecular formula is C17H15BrN8O. The summed E-state index contributed by atoms with van der Waals surface area (Å²) in [6.07, 6.45) is 3.37. The number of halogens is 1. The van der Waals surface area contributed by atoms with Gasteiger partial charge in [0.1, 0.15) is 5.69 Å². The van der Waals surface area contributed by atoms with Crippen LogP contribution < -0.4 is 10.2 Å². The maximum absolute atomic E-state index is 5.43. The summed E-state index contributed by atoms with van der Waals surface area (Å²) in [5.41, 5.74) is 2.32. The Kier molecular flexibility index (Phi) is 4.55. The van der Waals surface area contributed by atoms with E-state index >= 15 is 0 Å². The van der Waals surface area contributed by atoms with Crippen LogP contribution in [0.15, 0.2) is 51.7 Å². The number of H-pyrrole nitrogens is 1. The van der Waals surface area contributed by atoms with E-state index in [1.54, 1.807) is 30.4 Å². The van der Waals surface area contributed by atoms with Crippen molar-refractivity contribution in [3.05, 3.63) is 52.9 Å². The maximum Gasteiger partial charge on any atom is 0.234 e. The first-order chi connectivity index (χ1) is 13.1. The molecule has 0 aliphatic rings. The largest absolute Gasteiger partial charge is 0.338 e. The van der Waals surface area contributed by atoms with E-state index in [1.165, 1.54) is 0 Å². The van der Waals surface area contributed by atoms with Gasteiger partial charge in [0.05, 0.1) is 10.2 Å². The van der Waals surface area contributed by atoms with Gasteiger partial charge >= 0.3 is 0 Å². The monoisotopic (exact) mass is 426 g/mol. The summed E-state index contributed by atoms with van der Waals surface area (Å²) < 4.78 is 6.15. The third-order valence-corrected chi connectivity index (χ3v) is 4.32. The number of nitrogens with one attached hydrogen (secondary N) is 2. The highest BCUT2D eigenvalue weighted by Gasteiger charge is 2.16. The molecule has 2 N–H and O–H groups in total. The number of pyridine rings is 1. The Balaban J connectivity index is 1.59. The van der Waals surface area contributed by atoms with E-state index in [9.17, 15) is 0 Å². The molecule has 10 heteroatoms. The highest BCUT2D eigenvalue weighted by molar-refractivity contribution is 9.10. The van der Waals surface area contributed by atoms with Crippen molar-refractivity contribution in [3.8, 4) is 11.4 Å². The minimum atomic E-state index is 0.441. The van der Waals surface area contributed by atoms with Gasteiger partial charge in [-0.2, -0.15) is 10.1 Å². The van der Waals surface area contributed by atoms with Crippen molar-refractivity contribution in [1.29, 1.82) is 0 Å². The highest BCUT2D eigenvalue weighted by Crippen LogP contribution is 2.29. The van der Waals surface area contributed by atoms with Crippen LogP contribution in [0.5, 0.6) is 0 Å². The Morgan fingerprint density at radius 1 is 1.19 bits per heavy atom. The van der Waals surface area contributed by atoms with Crippen LogP contribution >= 0.6 is 15.9 Å². The lowest BCUT2D eigenvalue weighted by molar-refractivity contribution is 0.427. The summed E-state index contributed by atoms with van der Waals surface area (Å²) in [7, 11) is 1.80. The molecule has 27 heavy (non-hydrogen) atoms. The normalized spacial score (nSPS) is 10.8. The zero-order valence-electron chi connectivity index (χ0n) is 14.5. The number of hydrogen-bond donors (Lipinski definition) is 2. The molecule has 4 aromatic rings. The van der Waals surface area contributed by atoms with Gasteiger partial charge in [0.25, 0.3) is 0 Å². The first-order valence-electron chi connectivity index (χ1n) is 8.03. The van der Waals surface area contributed by atoms with Crippen LogP contribution in [-0.4, -0.2) is 37.4 Å². The predicted molar refractivity (Wildman–Crippen MR) is 104 cm³/mol. The zero-order valence-corrected chi connectivity index (χ0v) is 16.1. The number of aryl methyl sites for hydroxylation is 1. The van der Waals surface area contributed by atoms with Crippen molar-refractivity contribution >= 4 is 39.4 Å². The second-order valence-corrected chi connectivity index (χ2v) is 6.61. The average molecular weight is 427 g/mol. The standard InChI is InChI=1S/C17H15BrN8O/c1-10-7-14(24-23-10)21-16-11(18)9-20-17(22-16)26(2)15-8-13(25-27-15)12-5-3-4-6-19-12/h3-9H,1-2H3,(H2,20,21,22,23,24). The summed E-state index contributed by atoms with van der Waals surface area (Å²) in [5.74, 6) is 2.19. The molecule has 4 rings (SSSR count). The van der Waals surface area contributed by atoms with Crippen LogP contribution in [0.25, 0.3) is 11.4 Å². The van der Waals surface area contributed by atoms with Crippen LogP contribution in [-0.2, 0) is 0 Å². The molecule has 0 aliphatic carbocycles. The molecule has 0 fully saturated rings. The summed E-state index contributed by atoms with van der Waals surface area (Å²) in [6.45, 7) is 1.93. The Bertz CT molecular complexity index is 1060. The lowest BCUT2D eigenvalue weighted by Gasteiger charge is -2.14. The molecule has 136 valence electrons. The predicted octanol–water partition coefficient (Wildman–Crippen LogP) is 3.83. The minimum Gasteiger partial charge on any atom is -0.338 e. The fourth-order valence-electron chi connectivity index (χ4n) is 2.37. The molecule has 4 heterocycles. The van der Waals surface area contributed by atoms with Crippen LogP contribution in [0.3, 0.4) is 0 Å². The van der Waals surface area contributed by atoms with Gasteiger partial charge in [-0.1, -0.05) is 11.2 Å². The van der Waals surface area contributed by atoms with Crippen molar-refractivity contribution in [1.82, 2.24) is 30.3 Å².